The van der Waals surface area contributed by atoms with Gasteiger partial charge >= 0.3 is 0 Å². The van der Waals surface area contributed by atoms with Crippen LogP contribution < -0.4 is 0 Å². The lowest BCUT2D eigenvalue weighted by Crippen LogP contribution is -2.39. The highest BCUT2D eigenvalue weighted by atomic mass is 35.5. The van der Waals surface area contributed by atoms with Gasteiger partial charge in [-0.1, -0.05) is 54.1 Å². The normalized spacial score (nSPS) is 16.0. The van der Waals surface area contributed by atoms with Gasteiger partial charge in [0, 0.05) is 30.9 Å². The number of rotatable bonds is 4. The van der Waals surface area contributed by atoms with Crippen molar-refractivity contribution < 1.29 is 8.42 Å². The average molecular weight is 453 g/mol. The van der Waals surface area contributed by atoms with E-state index < -0.39 is 10.0 Å². The first-order valence-electron chi connectivity index (χ1n) is 10.2. The zero-order valence-corrected chi connectivity index (χ0v) is 18.3. The van der Waals surface area contributed by atoms with E-state index in [1.54, 1.807) is 30.5 Å². The molecule has 2 aromatic heterocycles. The molecule has 1 aliphatic rings. The molecule has 5 rings (SSSR count). The summed E-state index contributed by atoms with van der Waals surface area (Å²) in [7, 11) is -3.63. The summed E-state index contributed by atoms with van der Waals surface area (Å²) in [6.45, 7) is 0.831. The van der Waals surface area contributed by atoms with E-state index in [1.165, 1.54) is 4.31 Å². The fraction of sp³-hybridized carbons (Fsp3) is 0.217. The number of imidazole rings is 1. The van der Waals surface area contributed by atoms with Gasteiger partial charge in [0.05, 0.1) is 5.02 Å². The Kier molecular flexibility index (Phi) is 5.25. The molecule has 0 atom stereocenters. The lowest BCUT2D eigenvalue weighted by atomic mass is 10.1. The molecule has 8 heteroatoms. The van der Waals surface area contributed by atoms with Gasteiger partial charge in [-0.3, -0.25) is 0 Å². The molecule has 0 N–H and O–H groups in total. The number of fused-ring (bicyclic) bond motifs is 1. The highest BCUT2D eigenvalue weighted by molar-refractivity contribution is 7.89. The van der Waals surface area contributed by atoms with Crippen molar-refractivity contribution in [3.63, 3.8) is 0 Å². The minimum atomic E-state index is -3.63. The average Bonchev–Trinajstić information content (AvgIpc) is 3.19. The lowest BCUT2D eigenvalue weighted by Gasteiger charge is -2.32. The van der Waals surface area contributed by atoms with Gasteiger partial charge in [0.2, 0.25) is 10.0 Å². The molecule has 158 valence electrons. The van der Waals surface area contributed by atoms with Crippen LogP contribution in [0.4, 0.5) is 0 Å². The van der Waals surface area contributed by atoms with Crippen molar-refractivity contribution in [1.29, 1.82) is 0 Å². The quantitative estimate of drug-likeness (QED) is 0.447. The SMILES string of the molecule is O=S(=O)(c1ccccc1Cl)N1CCC(n2c(-c3ccccc3)nc3cccnc32)CC1. The number of benzene rings is 2. The van der Waals surface area contributed by atoms with Crippen LogP contribution in [0.3, 0.4) is 0 Å². The molecule has 0 spiro atoms. The number of sulfonamides is 1. The summed E-state index contributed by atoms with van der Waals surface area (Å²) < 4.78 is 29.9. The number of pyridine rings is 1. The van der Waals surface area contributed by atoms with Crippen LogP contribution in [0.25, 0.3) is 22.6 Å². The fourth-order valence-corrected chi connectivity index (χ4v) is 6.16. The zero-order valence-electron chi connectivity index (χ0n) is 16.7. The Bertz CT molecular complexity index is 1330. The number of hydrogen-bond acceptors (Lipinski definition) is 4. The number of halogens is 1. The van der Waals surface area contributed by atoms with Crippen LogP contribution >= 0.6 is 11.6 Å². The first-order chi connectivity index (χ1) is 15.1. The van der Waals surface area contributed by atoms with Crippen molar-refractivity contribution in [2.45, 2.75) is 23.8 Å². The molecule has 0 unspecified atom stereocenters. The van der Waals surface area contributed by atoms with E-state index in [0.717, 1.165) is 22.6 Å². The second kappa shape index (κ2) is 8.07. The molecule has 3 heterocycles. The highest BCUT2D eigenvalue weighted by Gasteiger charge is 2.32. The molecule has 0 aliphatic carbocycles. The Morgan fingerprint density at radius 2 is 1.61 bits per heavy atom. The largest absolute Gasteiger partial charge is 0.305 e. The summed E-state index contributed by atoms with van der Waals surface area (Å²) >= 11 is 6.17. The number of piperidine rings is 1. The third kappa shape index (κ3) is 3.63. The van der Waals surface area contributed by atoms with Crippen LogP contribution in [0.5, 0.6) is 0 Å². The van der Waals surface area contributed by atoms with E-state index in [0.29, 0.717) is 25.9 Å². The van der Waals surface area contributed by atoms with Crippen LogP contribution in [-0.2, 0) is 10.0 Å². The number of aromatic nitrogens is 3. The van der Waals surface area contributed by atoms with Gasteiger partial charge in [-0.15, -0.1) is 0 Å². The van der Waals surface area contributed by atoms with E-state index in [2.05, 4.69) is 9.55 Å². The summed E-state index contributed by atoms with van der Waals surface area (Å²) in [6, 6.07) is 20.6. The molecule has 1 saturated heterocycles. The molecule has 4 aromatic rings. The first-order valence-corrected chi connectivity index (χ1v) is 12.0. The second-order valence-electron chi connectivity index (χ2n) is 7.58. The molecule has 2 aromatic carbocycles. The summed E-state index contributed by atoms with van der Waals surface area (Å²) in [5, 5.41) is 0.251. The molecule has 0 bridgehead atoms. The zero-order chi connectivity index (χ0) is 21.4. The van der Waals surface area contributed by atoms with Crippen LogP contribution in [0.1, 0.15) is 18.9 Å². The molecule has 6 nitrogen and oxygen atoms in total. The van der Waals surface area contributed by atoms with Gasteiger partial charge in [-0.2, -0.15) is 4.31 Å². The van der Waals surface area contributed by atoms with Crippen molar-refractivity contribution in [2.24, 2.45) is 0 Å². The fourth-order valence-electron chi connectivity index (χ4n) is 4.20. The van der Waals surface area contributed by atoms with Crippen LogP contribution in [-0.4, -0.2) is 40.3 Å². The van der Waals surface area contributed by atoms with Crippen molar-refractivity contribution >= 4 is 32.8 Å². The van der Waals surface area contributed by atoms with Gasteiger partial charge < -0.3 is 4.57 Å². The Hall–Kier alpha value is -2.74. The number of nitrogens with zero attached hydrogens (tertiary/aromatic N) is 4. The predicted molar refractivity (Wildman–Crippen MR) is 121 cm³/mol. The maximum Gasteiger partial charge on any atom is 0.244 e. The molecular formula is C23H21ClN4O2S. The molecule has 1 aliphatic heterocycles. The number of hydrogen-bond donors (Lipinski definition) is 0. The topological polar surface area (TPSA) is 68.1 Å². The minimum absolute atomic E-state index is 0.104. The van der Waals surface area contributed by atoms with Gasteiger partial charge in [0.15, 0.2) is 5.65 Å². The van der Waals surface area contributed by atoms with Gasteiger partial charge in [0.1, 0.15) is 16.2 Å². The summed E-state index contributed by atoms with van der Waals surface area (Å²) in [5.74, 6) is 0.863. The molecule has 0 amide bonds. The Morgan fingerprint density at radius 3 is 2.35 bits per heavy atom. The first kappa shape index (κ1) is 20.2. The van der Waals surface area contributed by atoms with E-state index in [4.69, 9.17) is 16.6 Å². The molecule has 31 heavy (non-hydrogen) atoms. The van der Waals surface area contributed by atoms with Crippen molar-refractivity contribution in [3.05, 3.63) is 77.9 Å². The Balaban J connectivity index is 1.47. The van der Waals surface area contributed by atoms with Crippen molar-refractivity contribution in [3.8, 4) is 11.4 Å². The van der Waals surface area contributed by atoms with Gasteiger partial charge in [0.25, 0.3) is 0 Å². The third-order valence-electron chi connectivity index (χ3n) is 5.72. The monoisotopic (exact) mass is 452 g/mol. The molecule has 0 saturated carbocycles. The molecule has 0 radical (unpaired) electrons. The Labute approximate surface area is 186 Å². The van der Waals surface area contributed by atoms with Gasteiger partial charge in [-0.25, -0.2) is 18.4 Å². The lowest BCUT2D eigenvalue weighted by molar-refractivity contribution is 0.278. The van der Waals surface area contributed by atoms with Crippen LogP contribution in [0.15, 0.2) is 77.8 Å². The Morgan fingerprint density at radius 1 is 0.903 bits per heavy atom. The van der Waals surface area contributed by atoms with Crippen LogP contribution in [0, 0.1) is 0 Å². The third-order valence-corrected chi connectivity index (χ3v) is 8.12. The second-order valence-corrected chi connectivity index (χ2v) is 9.90. The summed E-state index contributed by atoms with van der Waals surface area (Å²) in [4.78, 5) is 9.58. The van der Waals surface area contributed by atoms with E-state index in [9.17, 15) is 8.42 Å². The van der Waals surface area contributed by atoms with E-state index in [1.807, 2.05) is 42.5 Å². The van der Waals surface area contributed by atoms with Crippen molar-refractivity contribution in [2.75, 3.05) is 13.1 Å². The van der Waals surface area contributed by atoms with Crippen LogP contribution in [0.2, 0.25) is 5.02 Å². The smallest absolute Gasteiger partial charge is 0.244 e. The standard InChI is InChI=1S/C23H21ClN4O2S/c24-19-9-4-5-11-21(19)31(29,30)27-15-12-18(13-16-27)28-22(17-7-2-1-3-8-17)26-20-10-6-14-25-23(20)28/h1-11,14,18H,12-13,15-16H2. The summed E-state index contributed by atoms with van der Waals surface area (Å²) in [5.41, 5.74) is 2.69. The maximum atomic E-state index is 13.1. The minimum Gasteiger partial charge on any atom is -0.305 e. The van der Waals surface area contributed by atoms with E-state index in [-0.39, 0.29) is 16.0 Å². The predicted octanol–water partition coefficient (Wildman–Crippen LogP) is 4.78. The molecular weight excluding hydrogens is 432 g/mol. The summed E-state index contributed by atoms with van der Waals surface area (Å²) in [6.07, 6.45) is 3.11. The maximum absolute atomic E-state index is 13.1. The highest BCUT2D eigenvalue weighted by Crippen LogP contribution is 2.34. The van der Waals surface area contributed by atoms with Gasteiger partial charge in [-0.05, 0) is 37.1 Å². The van der Waals surface area contributed by atoms with Crippen molar-refractivity contribution in [1.82, 2.24) is 18.8 Å². The molecule has 1 fully saturated rings. The van der Waals surface area contributed by atoms with E-state index >= 15 is 0 Å².